The minimum Gasteiger partial charge on any atom is -0.0654 e. The van der Waals surface area contributed by atoms with Crippen LogP contribution in [0.2, 0.25) is 0 Å². The van der Waals surface area contributed by atoms with Gasteiger partial charge in [0, 0.05) is 0 Å². The Hall–Kier alpha value is 0. The van der Waals surface area contributed by atoms with Crippen molar-refractivity contribution in [1.82, 2.24) is 0 Å². The predicted molar refractivity (Wildman–Crippen MR) is 312 cm³/mol. The lowest BCUT2D eigenvalue weighted by atomic mass is 10.0. The van der Waals surface area contributed by atoms with Gasteiger partial charge < -0.3 is 0 Å². The summed E-state index contributed by atoms with van der Waals surface area (Å²) < 4.78 is 0. The summed E-state index contributed by atoms with van der Waals surface area (Å²) in [5, 5.41) is 0. The molecule has 0 fully saturated rings. The highest BCUT2D eigenvalue weighted by molar-refractivity contribution is 4.50. The third-order valence-electron chi connectivity index (χ3n) is 11.5. The second kappa shape index (κ2) is 74.5. The van der Waals surface area contributed by atoms with Gasteiger partial charge in [-0.2, -0.15) is 0 Å². The standard InChI is InChI=1S/C11H24.C10H22.C9H20.C8H18.2C7H16.2C6H14/c1-4-5-6-7-8-9-10-11(2)3;1-4-5-6-7-8-9-10(2)3;1-4-5-6-7-8-9(2)3;1-4-5-6-7-8(2)3;2*1-4-5-6-7(2)3;1-5(2)6(3)4;1-4-5-6(2)3/h11H,4-10H2,1-3H3;10H,4-9H2,1-3H3;9H,4-8H2,1-3H3;8H,4-7H2,1-3H3;2*7H,4-6H2,1-3H3;5-6H,1-4H3;6H,4-5H2,1-3H3. The van der Waals surface area contributed by atoms with Crippen molar-refractivity contribution in [1.29, 1.82) is 0 Å². The Morgan fingerprint density at radius 3 is 0.469 bits per heavy atom. The van der Waals surface area contributed by atoms with Crippen molar-refractivity contribution in [2.75, 3.05) is 0 Å². The summed E-state index contributed by atoms with van der Waals surface area (Å²) >= 11 is 0. The van der Waals surface area contributed by atoms with Gasteiger partial charge in [-0.1, -0.05) is 366 Å². The molecular formula is C64H144. The maximum atomic E-state index is 2.31. The molecule has 400 valence electrons. The lowest BCUT2D eigenvalue weighted by Crippen LogP contribution is -1.95. The first-order valence-electron chi connectivity index (χ1n) is 30.0. The highest BCUT2D eigenvalue weighted by Gasteiger charge is 1.97. The van der Waals surface area contributed by atoms with Crippen LogP contribution < -0.4 is 0 Å². The van der Waals surface area contributed by atoms with Gasteiger partial charge in [0.05, 0.1) is 0 Å². The van der Waals surface area contributed by atoms with E-state index >= 15 is 0 Å². The average molecular weight is 914 g/mol. The summed E-state index contributed by atoms with van der Waals surface area (Å²) in [6.45, 7) is 56.7. The van der Waals surface area contributed by atoms with Gasteiger partial charge in [0.15, 0.2) is 0 Å². The zero-order chi connectivity index (χ0) is 51.4. The van der Waals surface area contributed by atoms with Gasteiger partial charge in [0.2, 0.25) is 0 Å². The van der Waals surface area contributed by atoms with Crippen molar-refractivity contribution in [3.05, 3.63) is 0 Å². The lowest BCUT2D eigenvalue weighted by molar-refractivity contribution is 0.457. The molecule has 0 aromatic carbocycles. The molecule has 0 heteroatoms. The van der Waals surface area contributed by atoms with E-state index in [0.29, 0.717) is 0 Å². The molecule has 0 atom stereocenters. The molecule has 0 unspecified atom stereocenters. The number of rotatable bonds is 31. The number of hydrogen-bond donors (Lipinski definition) is 0. The number of unbranched alkanes of at least 4 members (excludes halogenated alkanes) is 16. The summed E-state index contributed by atoms with van der Waals surface area (Å²) in [4.78, 5) is 0. The van der Waals surface area contributed by atoms with Gasteiger partial charge in [0.25, 0.3) is 0 Å². The highest BCUT2D eigenvalue weighted by atomic mass is 14.0. The fourth-order valence-corrected chi connectivity index (χ4v) is 6.07. The topological polar surface area (TPSA) is 0 Å². The SMILES string of the molecule is CC(C)C(C)C.CCCC(C)C.CCCCC(C)C.CCCCC(C)C.CCCCCC(C)C.CCCCCCC(C)C.CCCCCCCC(C)C.CCCCCCCCC(C)C. The quantitative estimate of drug-likeness (QED) is 0.0608. The summed E-state index contributed by atoms with van der Waals surface area (Å²) in [7, 11) is 0. The smallest absolute Gasteiger partial charge is 0.0448 e. The Kier molecular flexibility index (Phi) is 94.3. The van der Waals surface area contributed by atoms with E-state index in [1.165, 1.54) is 193 Å². The molecule has 0 aliphatic rings. The first-order chi connectivity index (χ1) is 30.0. The normalized spacial score (nSPS) is 10.6. The van der Waals surface area contributed by atoms with E-state index in [-0.39, 0.29) is 0 Å². The van der Waals surface area contributed by atoms with Crippen molar-refractivity contribution in [3.63, 3.8) is 0 Å². The van der Waals surface area contributed by atoms with Crippen LogP contribution in [0, 0.1) is 53.3 Å². The Morgan fingerprint density at radius 1 is 0.156 bits per heavy atom. The monoisotopic (exact) mass is 913 g/mol. The summed E-state index contributed by atoms with van der Waals surface area (Å²) in [6, 6.07) is 0. The molecule has 0 saturated carbocycles. The molecule has 0 aromatic heterocycles. The van der Waals surface area contributed by atoms with Crippen molar-refractivity contribution in [3.8, 4) is 0 Å². The fourth-order valence-electron chi connectivity index (χ4n) is 6.07. The van der Waals surface area contributed by atoms with Crippen LogP contribution in [0.1, 0.15) is 366 Å². The van der Waals surface area contributed by atoms with Crippen LogP contribution in [-0.4, -0.2) is 0 Å². The first-order valence-corrected chi connectivity index (χ1v) is 30.0. The Morgan fingerprint density at radius 2 is 0.312 bits per heavy atom. The minimum absolute atomic E-state index is 0.852. The molecule has 0 N–H and O–H groups in total. The van der Waals surface area contributed by atoms with Crippen LogP contribution in [-0.2, 0) is 0 Å². The zero-order valence-corrected chi connectivity index (χ0v) is 51.4. The second-order valence-corrected chi connectivity index (χ2v) is 23.4. The third kappa shape index (κ3) is 137. The largest absolute Gasteiger partial charge is 0.0654 e. The Balaban J connectivity index is -0.0000000941. The van der Waals surface area contributed by atoms with E-state index in [0.717, 1.165) is 53.3 Å². The van der Waals surface area contributed by atoms with Crippen LogP contribution in [0.4, 0.5) is 0 Å². The molecule has 0 aliphatic heterocycles. The van der Waals surface area contributed by atoms with E-state index in [2.05, 4.69) is 173 Å². The summed E-state index contributed by atoms with van der Waals surface area (Å²) in [5.74, 6) is 8.02. The maximum Gasteiger partial charge on any atom is -0.0448 e. The molecule has 0 aromatic rings. The second-order valence-electron chi connectivity index (χ2n) is 23.4. The van der Waals surface area contributed by atoms with Gasteiger partial charge in [0.1, 0.15) is 0 Å². The van der Waals surface area contributed by atoms with E-state index in [9.17, 15) is 0 Å². The molecule has 64 heavy (non-hydrogen) atoms. The van der Waals surface area contributed by atoms with Gasteiger partial charge in [-0.3, -0.25) is 0 Å². The van der Waals surface area contributed by atoms with Crippen LogP contribution >= 0.6 is 0 Å². The maximum absolute atomic E-state index is 2.31. The van der Waals surface area contributed by atoms with Gasteiger partial charge in [-0.25, -0.2) is 0 Å². The average Bonchev–Trinajstić information content (AvgIpc) is 3.20. The molecule has 0 rings (SSSR count). The fraction of sp³-hybridized carbons (Fsp3) is 1.00. The van der Waals surface area contributed by atoms with E-state index in [4.69, 9.17) is 0 Å². The molecule has 0 heterocycles. The molecule has 0 saturated heterocycles. The van der Waals surface area contributed by atoms with Crippen molar-refractivity contribution < 1.29 is 0 Å². The van der Waals surface area contributed by atoms with E-state index < -0.39 is 0 Å². The van der Waals surface area contributed by atoms with Crippen molar-refractivity contribution in [2.24, 2.45) is 53.3 Å². The Bertz CT molecular complexity index is 629. The molecule has 0 aliphatic carbocycles. The molecule has 0 bridgehead atoms. The molecular weight excluding hydrogens is 769 g/mol. The van der Waals surface area contributed by atoms with Gasteiger partial charge in [-0.15, -0.1) is 0 Å². The minimum atomic E-state index is 0.852. The predicted octanol–water partition coefficient (Wildman–Crippen LogP) is 25.6. The van der Waals surface area contributed by atoms with Crippen LogP contribution in [0.3, 0.4) is 0 Å². The molecule has 0 amide bonds. The van der Waals surface area contributed by atoms with Crippen molar-refractivity contribution >= 4 is 0 Å². The highest BCUT2D eigenvalue weighted by Crippen LogP contribution is 2.13. The van der Waals surface area contributed by atoms with Crippen LogP contribution in [0.5, 0.6) is 0 Å². The van der Waals surface area contributed by atoms with Gasteiger partial charge in [-0.05, 0) is 53.3 Å². The summed E-state index contributed by atoms with van der Waals surface area (Å²) in [5.41, 5.74) is 0. The molecule has 0 spiro atoms. The van der Waals surface area contributed by atoms with Gasteiger partial charge >= 0.3 is 0 Å². The summed E-state index contributed by atoms with van der Waals surface area (Å²) in [6.07, 6.45) is 42.3. The third-order valence-corrected chi connectivity index (χ3v) is 11.5. The first kappa shape index (κ1) is 81.0. The van der Waals surface area contributed by atoms with Crippen LogP contribution in [0.15, 0.2) is 0 Å². The van der Waals surface area contributed by atoms with Crippen LogP contribution in [0.25, 0.3) is 0 Å². The zero-order valence-electron chi connectivity index (χ0n) is 51.4. The number of hydrogen-bond acceptors (Lipinski definition) is 0. The van der Waals surface area contributed by atoms with Crippen molar-refractivity contribution in [2.45, 2.75) is 366 Å². The van der Waals surface area contributed by atoms with E-state index in [1.54, 1.807) is 0 Å². The van der Waals surface area contributed by atoms with E-state index in [1.807, 2.05) is 0 Å². The lowest BCUT2D eigenvalue weighted by Gasteiger charge is -2.05. The Labute approximate surface area is 417 Å². The molecule has 0 radical (unpaired) electrons. The molecule has 0 nitrogen and oxygen atoms in total.